The summed E-state index contributed by atoms with van der Waals surface area (Å²) >= 11 is 0. The van der Waals surface area contributed by atoms with Gasteiger partial charge in [-0.1, -0.05) is 79.0 Å². The fraction of sp³-hybridized carbons (Fsp3) is 0.500. The van der Waals surface area contributed by atoms with Crippen molar-refractivity contribution in [2.24, 2.45) is 5.92 Å². The highest BCUT2D eigenvalue weighted by atomic mass is 16.3. The molecule has 0 amide bonds. The second-order valence-electron chi connectivity index (χ2n) is 4.86. The van der Waals surface area contributed by atoms with Crippen LogP contribution in [0.25, 0.3) is 0 Å². The molecule has 1 nitrogen and oxygen atoms in total. The highest BCUT2D eigenvalue weighted by Gasteiger charge is 2.43. The lowest BCUT2D eigenvalue weighted by atomic mass is 9.83. The third kappa shape index (κ3) is 3.47. The van der Waals surface area contributed by atoms with E-state index in [1.54, 1.807) is 6.08 Å². The zero-order chi connectivity index (χ0) is 16.6. The summed E-state index contributed by atoms with van der Waals surface area (Å²) in [4.78, 5) is 0. The maximum Gasteiger partial charge on any atom is 0.115 e. The van der Waals surface area contributed by atoms with Gasteiger partial charge in [0.1, 0.15) is 5.60 Å². The molecule has 0 aliphatic heterocycles. The van der Waals surface area contributed by atoms with E-state index in [1.807, 2.05) is 40.7 Å². The Bertz CT molecular complexity index is 462. The summed E-state index contributed by atoms with van der Waals surface area (Å²) in [6.07, 6.45) is 9.68. The third-order valence-corrected chi connectivity index (χ3v) is 3.83. The zero-order valence-corrected chi connectivity index (χ0v) is 14.7. The SMILES string of the molecule is C=CC1=C(C=C)C(O)(CC)C2=CCC(C)C=C21.CC.CC. The quantitative estimate of drug-likeness (QED) is 0.700. The lowest BCUT2D eigenvalue weighted by Gasteiger charge is -2.28. The normalized spacial score (nSPS) is 26.3. The van der Waals surface area contributed by atoms with Crippen LogP contribution in [-0.4, -0.2) is 10.7 Å². The molecule has 0 spiro atoms. The molecule has 0 heterocycles. The molecule has 0 radical (unpaired) electrons. The Labute approximate surface area is 131 Å². The van der Waals surface area contributed by atoms with E-state index in [2.05, 4.69) is 32.2 Å². The number of hydrogen-bond acceptors (Lipinski definition) is 1. The van der Waals surface area contributed by atoms with Crippen LogP contribution >= 0.6 is 0 Å². The van der Waals surface area contributed by atoms with Gasteiger partial charge >= 0.3 is 0 Å². The maximum absolute atomic E-state index is 10.9. The molecular formula is C20H32O. The molecule has 0 saturated carbocycles. The second-order valence-corrected chi connectivity index (χ2v) is 4.86. The van der Waals surface area contributed by atoms with Crippen LogP contribution in [0.2, 0.25) is 0 Å². The monoisotopic (exact) mass is 288 g/mol. The summed E-state index contributed by atoms with van der Waals surface area (Å²) in [5.41, 5.74) is 3.28. The number of rotatable bonds is 3. The largest absolute Gasteiger partial charge is 0.380 e. The molecule has 118 valence electrons. The number of aliphatic hydroxyl groups is 1. The average molecular weight is 288 g/mol. The number of allylic oxidation sites excluding steroid dienone is 4. The maximum atomic E-state index is 10.9. The van der Waals surface area contributed by atoms with Crippen LogP contribution in [0.15, 0.2) is 59.8 Å². The van der Waals surface area contributed by atoms with E-state index < -0.39 is 5.60 Å². The van der Waals surface area contributed by atoms with Crippen LogP contribution in [0.1, 0.15) is 54.4 Å². The van der Waals surface area contributed by atoms with E-state index in [4.69, 9.17) is 0 Å². The predicted molar refractivity (Wildman–Crippen MR) is 95.3 cm³/mol. The minimum Gasteiger partial charge on any atom is -0.380 e. The molecule has 2 rings (SSSR count). The third-order valence-electron chi connectivity index (χ3n) is 3.83. The first-order valence-corrected chi connectivity index (χ1v) is 8.23. The Morgan fingerprint density at radius 2 is 1.81 bits per heavy atom. The van der Waals surface area contributed by atoms with Crippen molar-refractivity contribution in [1.29, 1.82) is 0 Å². The van der Waals surface area contributed by atoms with Crippen molar-refractivity contribution in [3.05, 3.63) is 59.8 Å². The molecule has 21 heavy (non-hydrogen) atoms. The van der Waals surface area contributed by atoms with Crippen LogP contribution < -0.4 is 0 Å². The first-order valence-electron chi connectivity index (χ1n) is 8.23. The Hall–Kier alpha value is -1.34. The van der Waals surface area contributed by atoms with E-state index in [9.17, 15) is 5.11 Å². The van der Waals surface area contributed by atoms with E-state index in [0.717, 1.165) is 28.7 Å². The fourth-order valence-electron chi connectivity index (χ4n) is 2.88. The Balaban J connectivity index is 0.000000921. The van der Waals surface area contributed by atoms with Crippen LogP contribution in [0.4, 0.5) is 0 Å². The molecule has 0 bridgehead atoms. The van der Waals surface area contributed by atoms with Gasteiger partial charge in [-0.25, -0.2) is 0 Å². The van der Waals surface area contributed by atoms with E-state index in [-0.39, 0.29) is 0 Å². The molecule has 1 heteroatoms. The van der Waals surface area contributed by atoms with Gasteiger partial charge in [0.2, 0.25) is 0 Å². The lowest BCUT2D eigenvalue weighted by Crippen LogP contribution is -2.29. The zero-order valence-electron chi connectivity index (χ0n) is 14.7. The minimum absolute atomic E-state index is 0.522. The second kappa shape index (κ2) is 8.84. The molecule has 0 aromatic rings. The summed E-state index contributed by atoms with van der Waals surface area (Å²) in [5.74, 6) is 0.522. The lowest BCUT2D eigenvalue weighted by molar-refractivity contribution is 0.122. The van der Waals surface area contributed by atoms with Crippen molar-refractivity contribution >= 4 is 0 Å². The average Bonchev–Trinajstić information content (AvgIpc) is 2.79. The molecule has 0 saturated heterocycles. The molecule has 0 aromatic heterocycles. The van der Waals surface area contributed by atoms with Gasteiger partial charge in [-0.3, -0.25) is 0 Å². The topological polar surface area (TPSA) is 20.2 Å². The highest BCUT2D eigenvalue weighted by Crippen LogP contribution is 2.49. The number of hydrogen-bond donors (Lipinski definition) is 1. The van der Waals surface area contributed by atoms with Crippen molar-refractivity contribution in [1.82, 2.24) is 0 Å². The molecule has 2 atom stereocenters. The van der Waals surface area contributed by atoms with E-state index >= 15 is 0 Å². The highest BCUT2D eigenvalue weighted by molar-refractivity contribution is 5.70. The first-order chi connectivity index (χ1) is 10.1. The molecule has 1 N–H and O–H groups in total. The van der Waals surface area contributed by atoms with Gasteiger partial charge in [0.15, 0.2) is 0 Å². The van der Waals surface area contributed by atoms with Crippen LogP contribution in [-0.2, 0) is 0 Å². The van der Waals surface area contributed by atoms with Gasteiger partial charge in [0.05, 0.1) is 0 Å². The van der Waals surface area contributed by atoms with Gasteiger partial charge in [-0.2, -0.15) is 0 Å². The fourth-order valence-corrected chi connectivity index (χ4v) is 2.88. The summed E-state index contributed by atoms with van der Waals surface area (Å²) in [6, 6.07) is 0. The van der Waals surface area contributed by atoms with E-state index in [1.165, 1.54) is 0 Å². The molecule has 2 aliphatic rings. The van der Waals surface area contributed by atoms with Crippen molar-refractivity contribution in [2.75, 3.05) is 0 Å². The molecule has 2 aliphatic carbocycles. The predicted octanol–water partition coefficient (Wildman–Crippen LogP) is 5.75. The molecule has 2 unspecified atom stereocenters. The van der Waals surface area contributed by atoms with Crippen LogP contribution in [0.3, 0.4) is 0 Å². The summed E-state index contributed by atoms with van der Waals surface area (Å²) in [5, 5.41) is 10.9. The van der Waals surface area contributed by atoms with Crippen LogP contribution in [0.5, 0.6) is 0 Å². The summed E-state index contributed by atoms with van der Waals surface area (Å²) in [7, 11) is 0. The summed E-state index contributed by atoms with van der Waals surface area (Å²) < 4.78 is 0. The van der Waals surface area contributed by atoms with Gasteiger partial charge in [-0.05, 0) is 41.1 Å². The Morgan fingerprint density at radius 1 is 1.24 bits per heavy atom. The standard InChI is InChI=1S/C16H20O.2C2H6/c1-5-12-13-10-11(4)8-9-15(13)16(17,7-3)14(12)6-2;2*1-2/h5-6,9-11,17H,1-2,7-8H2,3-4H3;2*1-2H3. The van der Waals surface area contributed by atoms with Gasteiger partial charge in [0.25, 0.3) is 0 Å². The van der Waals surface area contributed by atoms with Crippen molar-refractivity contribution in [3.8, 4) is 0 Å². The van der Waals surface area contributed by atoms with Crippen LogP contribution in [0, 0.1) is 5.92 Å². The molecule has 0 aromatic carbocycles. The Kier molecular flexibility index (Phi) is 8.27. The molecule has 0 fully saturated rings. The number of fused-ring (bicyclic) bond motifs is 1. The van der Waals surface area contributed by atoms with Gasteiger partial charge < -0.3 is 5.11 Å². The van der Waals surface area contributed by atoms with E-state index in [0.29, 0.717) is 12.3 Å². The van der Waals surface area contributed by atoms with Crippen molar-refractivity contribution in [2.45, 2.75) is 60.0 Å². The van der Waals surface area contributed by atoms with Crippen molar-refractivity contribution < 1.29 is 5.11 Å². The van der Waals surface area contributed by atoms with Crippen molar-refractivity contribution in [3.63, 3.8) is 0 Å². The smallest absolute Gasteiger partial charge is 0.115 e. The minimum atomic E-state index is -0.864. The summed E-state index contributed by atoms with van der Waals surface area (Å²) in [6.45, 7) is 19.9. The Morgan fingerprint density at radius 3 is 2.24 bits per heavy atom. The van der Waals surface area contributed by atoms with Gasteiger partial charge in [0, 0.05) is 0 Å². The first kappa shape index (κ1) is 19.7. The molecular weight excluding hydrogens is 256 g/mol. The van der Waals surface area contributed by atoms with Gasteiger partial charge in [-0.15, -0.1) is 0 Å².